The molecule has 0 saturated carbocycles. The van der Waals surface area contributed by atoms with Gasteiger partial charge < -0.3 is 21.1 Å². The van der Waals surface area contributed by atoms with Gasteiger partial charge in [-0.15, -0.1) is 0 Å². The summed E-state index contributed by atoms with van der Waals surface area (Å²) in [5.74, 6) is -0.552. The lowest BCUT2D eigenvalue weighted by molar-refractivity contribution is -0.137. The van der Waals surface area contributed by atoms with Gasteiger partial charge in [-0.05, 0) is 30.2 Å². The highest BCUT2D eigenvalue weighted by molar-refractivity contribution is 5.99. The zero-order chi connectivity index (χ0) is 19.6. The molecule has 10 heteroatoms. The number of nitrogens with one attached hydrogen (secondary N) is 3. The molecule has 144 valence electrons. The van der Waals surface area contributed by atoms with E-state index >= 15 is 0 Å². The Kier molecular flexibility index (Phi) is 5.17. The number of hydrogen-bond donors (Lipinski definition) is 4. The van der Waals surface area contributed by atoms with Crippen molar-refractivity contribution < 1.29 is 23.1 Å². The maximum absolute atomic E-state index is 13.2. The largest absolute Gasteiger partial charge is 0.421 e. The Morgan fingerprint density at radius 2 is 2.15 bits per heavy atom. The predicted octanol–water partition coefficient (Wildman–Crippen LogP) is 2.92. The van der Waals surface area contributed by atoms with Gasteiger partial charge in [0.2, 0.25) is 11.9 Å². The number of nitrogens with zero attached hydrogens (tertiary/aromatic N) is 2. The summed E-state index contributed by atoms with van der Waals surface area (Å²) in [6.07, 6.45) is -3.28. The first-order chi connectivity index (χ1) is 12.8. The number of carbonyl (C=O) groups is 1. The second kappa shape index (κ2) is 7.39. The lowest BCUT2D eigenvalue weighted by atomic mass is 10.1. The number of amides is 1. The molecule has 4 N–H and O–H groups in total. The molecule has 0 saturated heterocycles. The van der Waals surface area contributed by atoms with Gasteiger partial charge in [0.05, 0.1) is 19.1 Å². The van der Waals surface area contributed by atoms with E-state index in [2.05, 4.69) is 25.9 Å². The number of fused-ring (bicyclic) bond motifs is 1. The van der Waals surface area contributed by atoms with Crippen LogP contribution in [-0.2, 0) is 17.4 Å². The monoisotopic (exact) mass is 381 g/mol. The first-order valence-corrected chi connectivity index (χ1v) is 8.31. The molecule has 0 spiro atoms. The summed E-state index contributed by atoms with van der Waals surface area (Å²) in [5.41, 5.74) is 1.02. The fraction of sp³-hybridized carbons (Fsp3) is 0.353. The fourth-order valence-corrected chi connectivity index (χ4v) is 2.67. The van der Waals surface area contributed by atoms with Crippen LogP contribution in [0.2, 0.25) is 0 Å². The highest BCUT2D eigenvalue weighted by Crippen LogP contribution is 2.35. The third-order valence-corrected chi connectivity index (χ3v) is 4.13. The van der Waals surface area contributed by atoms with Crippen LogP contribution in [0, 0.1) is 0 Å². The van der Waals surface area contributed by atoms with E-state index in [9.17, 15) is 23.1 Å². The average molecular weight is 381 g/mol. The number of hydrogen-bond acceptors (Lipinski definition) is 6. The molecule has 0 aliphatic carbocycles. The van der Waals surface area contributed by atoms with Gasteiger partial charge in [0, 0.05) is 17.6 Å². The number of anilines is 4. The van der Waals surface area contributed by atoms with E-state index in [-0.39, 0.29) is 24.9 Å². The first-order valence-electron chi connectivity index (χ1n) is 8.31. The topological polar surface area (TPSA) is 99.2 Å². The van der Waals surface area contributed by atoms with Crippen LogP contribution < -0.4 is 16.0 Å². The standard InChI is InChI=1S/C17H18F3N5O2/c1-2-10(8-26)22-15-12(17(18,19)20)7-21-16(25-15)23-11-3-4-13-9(5-11)6-14(27)24-13/h3-5,7,10,26H,2,6,8H2,1H3,(H,24,27)(H2,21,22,23,25)/t10-/m1/s1. The molecule has 2 aromatic rings. The minimum atomic E-state index is -4.63. The van der Waals surface area contributed by atoms with Crippen molar-refractivity contribution in [3.63, 3.8) is 0 Å². The molecule has 1 aliphatic rings. The molecule has 1 aromatic heterocycles. The minimum absolute atomic E-state index is 0.0319. The quantitative estimate of drug-likeness (QED) is 0.614. The van der Waals surface area contributed by atoms with Crippen LogP contribution >= 0.6 is 0 Å². The van der Waals surface area contributed by atoms with E-state index in [4.69, 9.17) is 0 Å². The highest BCUT2D eigenvalue weighted by Gasteiger charge is 2.35. The van der Waals surface area contributed by atoms with E-state index in [1.165, 1.54) is 0 Å². The number of aromatic nitrogens is 2. The fourth-order valence-electron chi connectivity index (χ4n) is 2.67. The molecule has 1 aliphatic heterocycles. The van der Waals surface area contributed by atoms with Gasteiger partial charge in [-0.1, -0.05) is 6.92 Å². The molecule has 1 amide bonds. The Morgan fingerprint density at radius 3 is 2.81 bits per heavy atom. The Hall–Kier alpha value is -2.88. The number of alkyl halides is 3. The smallest absolute Gasteiger partial charge is 0.394 e. The van der Waals surface area contributed by atoms with Gasteiger partial charge >= 0.3 is 6.18 Å². The van der Waals surface area contributed by atoms with Crippen molar-refractivity contribution in [1.82, 2.24) is 9.97 Å². The van der Waals surface area contributed by atoms with Crippen LogP contribution in [0.1, 0.15) is 24.5 Å². The summed E-state index contributed by atoms with van der Waals surface area (Å²) in [7, 11) is 0. The van der Waals surface area contributed by atoms with E-state index in [1.807, 2.05) is 0 Å². The van der Waals surface area contributed by atoms with Crippen molar-refractivity contribution in [2.45, 2.75) is 32.0 Å². The van der Waals surface area contributed by atoms with Crippen LogP contribution in [0.15, 0.2) is 24.4 Å². The Morgan fingerprint density at radius 1 is 1.37 bits per heavy atom. The zero-order valence-electron chi connectivity index (χ0n) is 14.4. The summed E-state index contributed by atoms with van der Waals surface area (Å²) in [6.45, 7) is 1.41. The van der Waals surface area contributed by atoms with Gasteiger partial charge in [0.15, 0.2) is 0 Å². The summed E-state index contributed by atoms with van der Waals surface area (Å²) >= 11 is 0. The predicted molar refractivity (Wildman–Crippen MR) is 93.9 cm³/mol. The van der Waals surface area contributed by atoms with Crippen molar-refractivity contribution in [1.29, 1.82) is 0 Å². The number of rotatable bonds is 6. The highest BCUT2D eigenvalue weighted by atomic mass is 19.4. The normalized spacial score (nSPS) is 14.5. The molecule has 1 aromatic carbocycles. The van der Waals surface area contributed by atoms with E-state index in [0.717, 1.165) is 5.56 Å². The molecule has 3 rings (SSSR count). The summed E-state index contributed by atoms with van der Waals surface area (Å²) in [5, 5.41) is 17.4. The van der Waals surface area contributed by atoms with Crippen molar-refractivity contribution in [3.8, 4) is 0 Å². The number of benzene rings is 1. The van der Waals surface area contributed by atoms with Crippen molar-refractivity contribution in [2.75, 3.05) is 22.6 Å². The van der Waals surface area contributed by atoms with Gasteiger partial charge in [-0.3, -0.25) is 4.79 Å². The number of carbonyl (C=O) groups excluding carboxylic acids is 1. The van der Waals surface area contributed by atoms with Crippen LogP contribution in [-0.4, -0.2) is 33.6 Å². The lowest BCUT2D eigenvalue weighted by Gasteiger charge is -2.19. The van der Waals surface area contributed by atoms with Crippen LogP contribution in [0.3, 0.4) is 0 Å². The molecular weight excluding hydrogens is 363 g/mol. The van der Waals surface area contributed by atoms with Gasteiger partial charge in [-0.2, -0.15) is 18.2 Å². The van der Waals surface area contributed by atoms with E-state index in [0.29, 0.717) is 24.0 Å². The average Bonchev–Trinajstić information content (AvgIpc) is 2.98. The second-order valence-electron chi connectivity index (χ2n) is 6.11. The van der Waals surface area contributed by atoms with E-state index in [1.54, 1.807) is 25.1 Å². The maximum Gasteiger partial charge on any atom is 0.421 e. The summed E-state index contributed by atoms with van der Waals surface area (Å²) in [6, 6.07) is 4.52. The maximum atomic E-state index is 13.2. The van der Waals surface area contributed by atoms with Gasteiger partial charge in [0.1, 0.15) is 11.4 Å². The number of halogens is 3. The van der Waals surface area contributed by atoms with Crippen molar-refractivity contribution >= 4 is 29.0 Å². The molecule has 2 heterocycles. The number of aliphatic hydroxyl groups is 1. The molecule has 1 atom stereocenters. The summed E-state index contributed by atoms with van der Waals surface area (Å²) < 4.78 is 39.6. The molecule has 0 fully saturated rings. The molecule has 27 heavy (non-hydrogen) atoms. The van der Waals surface area contributed by atoms with Crippen LogP contribution in [0.4, 0.5) is 36.3 Å². The first kappa shape index (κ1) is 18.9. The molecule has 0 bridgehead atoms. The third-order valence-electron chi connectivity index (χ3n) is 4.13. The Balaban J connectivity index is 1.88. The second-order valence-corrected chi connectivity index (χ2v) is 6.11. The number of aliphatic hydroxyl groups excluding tert-OH is 1. The lowest BCUT2D eigenvalue weighted by Crippen LogP contribution is -2.25. The Bertz CT molecular complexity index is 853. The van der Waals surface area contributed by atoms with Gasteiger partial charge in [-0.25, -0.2) is 4.98 Å². The minimum Gasteiger partial charge on any atom is -0.394 e. The molecule has 0 unspecified atom stereocenters. The van der Waals surface area contributed by atoms with Crippen molar-refractivity contribution in [2.24, 2.45) is 0 Å². The summed E-state index contributed by atoms with van der Waals surface area (Å²) in [4.78, 5) is 19.1. The SMILES string of the molecule is CC[C@H](CO)Nc1nc(Nc2ccc3c(c2)CC(=O)N3)ncc1C(F)(F)F. The Labute approximate surface area is 153 Å². The van der Waals surface area contributed by atoms with E-state index < -0.39 is 23.6 Å². The molecular formula is C17H18F3N5O2. The molecule has 7 nitrogen and oxygen atoms in total. The van der Waals surface area contributed by atoms with Crippen molar-refractivity contribution in [3.05, 3.63) is 35.5 Å². The van der Waals surface area contributed by atoms with Gasteiger partial charge in [0.25, 0.3) is 0 Å². The van der Waals surface area contributed by atoms with Crippen LogP contribution in [0.5, 0.6) is 0 Å². The third kappa shape index (κ3) is 4.27. The van der Waals surface area contributed by atoms with Crippen LogP contribution in [0.25, 0.3) is 0 Å². The molecule has 0 radical (unpaired) electrons. The zero-order valence-corrected chi connectivity index (χ0v) is 14.4.